The van der Waals surface area contributed by atoms with E-state index in [0.29, 0.717) is 37.2 Å². The molecule has 4 heterocycles. The molecule has 3 amide bonds. The van der Waals surface area contributed by atoms with Gasteiger partial charge in [0.05, 0.1) is 37.4 Å². The van der Waals surface area contributed by atoms with Crippen LogP contribution in [0.1, 0.15) is 67.7 Å². The Morgan fingerprint density at radius 1 is 0.980 bits per heavy atom. The first-order chi connectivity index (χ1) is 24.0. The molecule has 5 atom stereocenters. The second-order valence-electron chi connectivity index (χ2n) is 15.1. The van der Waals surface area contributed by atoms with Gasteiger partial charge in [-0.15, -0.1) is 0 Å². The molecule has 3 aromatic rings. The zero-order valence-corrected chi connectivity index (χ0v) is 30.3. The average molecular weight is 698 g/mol. The fourth-order valence-electron chi connectivity index (χ4n) is 9.13. The minimum Gasteiger partial charge on any atom is -0.394 e. The summed E-state index contributed by atoms with van der Waals surface area (Å²) in [5.41, 5.74) is 3.23. The Balaban J connectivity index is 1.18. The van der Waals surface area contributed by atoms with Crippen LogP contribution in [0.3, 0.4) is 0 Å². The summed E-state index contributed by atoms with van der Waals surface area (Å²) in [5.74, 6) is -0.855. The number of carbonyl (C=O) groups excluding carboxylic acids is 3. The van der Waals surface area contributed by atoms with Crippen LogP contribution in [0, 0.1) is 5.92 Å². The molecule has 7 rings (SSSR count). The van der Waals surface area contributed by atoms with Crippen LogP contribution in [-0.2, 0) is 44.2 Å². The van der Waals surface area contributed by atoms with Crippen molar-refractivity contribution in [2.45, 2.75) is 101 Å². The smallest absolute Gasteiger partial charge is 0.264 e. The van der Waals surface area contributed by atoms with E-state index in [9.17, 15) is 19.5 Å². The number of halogens is 1. The number of hydrogen-bond acceptors (Lipinski definition) is 5. The van der Waals surface area contributed by atoms with Gasteiger partial charge in [-0.25, -0.2) is 0 Å². The fourth-order valence-corrected chi connectivity index (χ4v) is 11.6. The highest BCUT2D eigenvalue weighted by molar-refractivity contribution is 6.72. The number of ether oxygens (including phenoxy) is 1. The van der Waals surface area contributed by atoms with E-state index in [-0.39, 0.29) is 43.3 Å². The van der Waals surface area contributed by atoms with Crippen LogP contribution < -0.4 is 9.80 Å². The lowest BCUT2D eigenvalue weighted by Gasteiger charge is -2.37. The Hall–Kier alpha value is -3.86. The summed E-state index contributed by atoms with van der Waals surface area (Å²) in [5, 5.41) is 10.3. The van der Waals surface area contributed by atoms with Gasteiger partial charge in [-0.05, 0) is 67.2 Å². The summed E-state index contributed by atoms with van der Waals surface area (Å²) in [4.78, 5) is 47.3. The molecule has 4 aliphatic heterocycles. The van der Waals surface area contributed by atoms with E-state index in [1.54, 1.807) is 22.9 Å². The summed E-state index contributed by atoms with van der Waals surface area (Å²) in [6.07, 6.45) is 4.23. The van der Waals surface area contributed by atoms with Gasteiger partial charge in [0.25, 0.3) is 5.91 Å². The minimum atomic E-state index is -3.48. The average Bonchev–Trinajstić information content (AvgIpc) is 3.52. The zero-order valence-electron chi connectivity index (χ0n) is 29.3. The minimum absolute atomic E-state index is 0.0723. The van der Waals surface area contributed by atoms with Gasteiger partial charge in [-0.3, -0.25) is 14.4 Å². The molecule has 0 saturated carbocycles. The molecule has 264 valence electrons. The molecule has 0 aliphatic carbocycles. The molecule has 0 bridgehead atoms. The molecular weight excluding hydrogens is 650 g/mol. The van der Waals surface area contributed by atoms with Crippen molar-refractivity contribution in [3.05, 3.63) is 95.1 Å². The third-order valence-corrected chi connectivity index (χ3v) is 14.0. The van der Waals surface area contributed by atoms with Gasteiger partial charge in [-0.2, -0.15) is 0 Å². The van der Waals surface area contributed by atoms with Gasteiger partial charge >= 0.3 is 0 Å². The quantitative estimate of drug-likeness (QED) is 0.221. The van der Waals surface area contributed by atoms with Gasteiger partial charge in [0.15, 0.2) is 5.60 Å². The van der Waals surface area contributed by atoms with Crippen molar-refractivity contribution in [3.63, 3.8) is 0 Å². The number of fused-ring (bicyclic) bond motifs is 3. The molecule has 50 heavy (non-hydrogen) atoms. The van der Waals surface area contributed by atoms with E-state index in [2.05, 4.69) is 0 Å². The Morgan fingerprint density at radius 3 is 2.50 bits per heavy atom. The van der Waals surface area contributed by atoms with E-state index in [0.717, 1.165) is 48.1 Å². The van der Waals surface area contributed by atoms with Crippen LogP contribution >= 0.6 is 0 Å². The summed E-state index contributed by atoms with van der Waals surface area (Å²) in [6, 6.07) is 23.0. The number of carbonyl (C=O) groups is 3. The number of amides is 3. The van der Waals surface area contributed by atoms with Gasteiger partial charge in [-0.1, -0.05) is 74.4 Å². The molecule has 0 radical (unpaired) electrons. The molecule has 2 saturated heterocycles. The highest BCUT2D eigenvalue weighted by Crippen LogP contribution is 2.60. The van der Waals surface area contributed by atoms with E-state index in [1.807, 2.05) is 84.6 Å². The van der Waals surface area contributed by atoms with Crippen LogP contribution in [0.2, 0.25) is 18.6 Å². The largest absolute Gasteiger partial charge is 0.394 e. The Labute approximate surface area is 295 Å². The number of aliphatic hydroxyl groups is 1. The Morgan fingerprint density at radius 2 is 1.72 bits per heavy atom. The summed E-state index contributed by atoms with van der Waals surface area (Å²) in [6.45, 7) is 6.32. The first-order valence-corrected chi connectivity index (χ1v) is 21.1. The second kappa shape index (κ2) is 13.7. The van der Waals surface area contributed by atoms with E-state index in [4.69, 9.17) is 4.74 Å². The molecule has 1 N–H and O–H groups in total. The van der Waals surface area contributed by atoms with Gasteiger partial charge in [0.2, 0.25) is 20.2 Å². The van der Waals surface area contributed by atoms with Crippen LogP contribution in [0.25, 0.3) is 0 Å². The lowest BCUT2D eigenvalue weighted by Crippen LogP contribution is -2.48. The standard InChI is InChI=1S/C40H48FN3O5Si/c1-27-38(50(2,3)41)35(23-37(47)43-25-30-15-8-7-14-29(30)22-32(43)26-45)49-40(27)33-17-9-10-18-34(33)44(39(40)48)24-28-13-12-16-31(21-28)42-20-11-5-4-6-19-36(42)46/h7-10,12-18,21,27,32,35,38,45H,4-6,11,19-20,22-26H2,1-3H3/t27-,32+,35+,38-,40+/m1/s1. The van der Waals surface area contributed by atoms with Gasteiger partial charge in [0, 0.05) is 42.2 Å². The van der Waals surface area contributed by atoms with Crippen molar-refractivity contribution in [2.24, 2.45) is 5.92 Å². The molecule has 2 fully saturated rings. The Kier molecular flexibility index (Phi) is 9.47. The van der Waals surface area contributed by atoms with Crippen molar-refractivity contribution in [1.82, 2.24) is 4.90 Å². The maximum atomic E-state index is 16.5. The van der Waals surface area contributed by atoms with E-state index < -0.39 is 31.6 Å². The van der Waals surface area contributed by atoms with Crippen LogP contribution in [-0.4, -0.2) is 61.4 Å². The number of para-hydroxylation sites is 1. The molecule has 4 aliphatic rings. The van der Waals surface area contributed by atoms with Crippen molar-refractivity contribution in [2.75, 3.05) is 23.0 Å². The lowest BCUT2D eigenvalue weighted by molar-refractivity contribution is -0.151. The topological polar surface area (TPSA) is 90.4 Å². The molecule has 10 heteroatoms. The molecule has 8 nitrogen and oxygen atoms in total. The molecule has 1 spiro atoms. The molecule has 0 unspecified atom stereocenters. The zero-order chi connectivity index (χ0) is 35.2. The van der Waals surface area contributed by atoms with E-state index in [1.165, 1.54) is 0 Å². The number of nitrogens with zero attached hydrogens (tertiary/aromatic N) is 3. The van der Waals surface area contributed by atoms with Gasteiger partial charge in [0.1, 0.15) is 0 Å². The van der Waals surface area contributed by atoms with Crippen LogP contribution in [0.5, 0.6) is 0 Å². The first-order valence-electron chi connectivity index (χ1n) is 18.2. The van der Waals surface area contributed by atoms with Crippen LogP contribution in [0.4, 0.5) is 15.5 Å². The summed E-state index contributed by atoms with van der Waals surface area (Å²) < 4.78 is 23.3. The third kappa shape index (κ3) is 6.09. The third-order valence-electron chi connectivity index (χ3n) is 11.5. The molecular formula is C40H48FN3O5Si. The van der Waals surface area contributed by atoms with Crippen LogP contribution in [0.15, 0.2) is 72.8 Å². The number of aliphatic hydroxyl groups excluding tert-OH is 1. The van der Waals surface area contributed by atoms with Crippen molar-refractivity contribution in [3.8, 4) is 0 Å². The van der Waals surface area contributed by atoms with Crippen molar-refractivity contribution >= 4 is 37.5 Å². The Bertz CT molecular complexity index is 1780. The highest BCUT2D eigenvalue weighted by atomic mass is 28.4. The SMILES string of the molecule is C[C@@H]1[C@@H]([Si](C)(C)F)[C@H](CC(=O)N2Cc3ccccc3C[C@H]2CO)O[C@@]12C(=O)N(Cc1cccc(N3CCCCCCC3=O)c1)c1ccccc12. The monoisotopic (exact) mass is 697 g/mol. The fraction of sp³-hybridized carbons (Fsp3) is 0.475. The van der Waals surface area contributed by atoms with Gasteiger partial charge < -0.3 is 28.7 Å². The maximum Gasteiger partial charge on any atom is 0.264 e. The number of anilines is 2. The number of benzene rings is 3. The number of hydrogen-bond donors (Lipinski definition) is 1. The second-order valence-corrected chi connectivity index (χ2v) is 18.9. The summed E-state index contributed by atoms with van der Waals surface area (Å²) in [7, 11) is -3.48. The van der Waals surface area contributed by atoms with Crippen molar-refractivity contribution < 1.29 is 28.3 Å². The highest BCUT2D eigenvalue weighted by Gasteiger charge is 2.67. The van der Waals surface area contributed by atoms with Crippen molar-refractivity contribution in [1.29, 1.82) is 0 Å². The first kappa shape index (κ1) is 34.6. The normalized spacial score (nSPS) is 26.9. The number of rotatable bonds is 7. The summed E-state index contributed by atoms with van der Waals surface area (Å²) >= 11 is 0. The van der Waals surface area contributed by atoms with E-state index >= 15 is 4.11 Å². The lowest BCUT2D eigenvalue weighted by atomic mass is 9.82. The predicted molar refractivity (Wildman–Crippen MR) is 194 cm³/mol. The maximum absolute atomic E-state index is 16.5. The molecule has 0 aromatic heterocycles. The molecule has 3 aromatic carbocycles. The predicted octanol–water partition coefficient (Wildman–Crippen LogP) is 6.64.